The van der Waals surface area contributed by atoms with E-state index in [0.29, 0.717) is 0 Å². The van der Waals surface area contributed by atoms with Crippen molar-refractivity contribution >= 4 is 23.1 Å². The average Bonchev–Trinajstić information content (AvgIpc) is 2.90. The van der Waals surface area contributed by atoms with E-state index in [0.717, 1.165) is 29.5 Å². The third kappa shape index (κ3) is 2.71. The summed E-state index contributed by atoms with van der Waals surface area (Å²) in [4.78, 5) is 4.26. The van der Waals surface area contributed by atoms with Crippen molar-refractivity contribution in [3.63, 3.8) is 0 Å². The van der Waals surface area contributed by atoms with Gasteiger partial charge in [-0.25, -0.2) is 4.98 Å². The highest BCUT2D eigenvalue weighted by Gasteiger charge is 1.99. The van der Waals surface area contributed by atoms with Crippen LogP contribution >= 0.6 is 11.6 Å². The van der Waals surface area contributed by atoms with Crippen LogP contribution in [0, 0.1) is 0 Å². The van der Waals surface area contributed by atoms with E-state index in [9.17, 15) is 0 Å². The van der Waals surface area contributed by atoms with Gasteiger partial charge in [0.25, 0.3) is 0 Å². The van der Waals surface area contributed by atoms with Crippen LogP contribution in [0.5, 0.6) is 0 Å². The molecule has 0 bridgehead atoms. The van der Waals surface area contributed by atoms with Crippen molar-refractivity contribution in [2.24, 2.45) is 0 Å². The predicted molar refractivity (Wildman–Crippen MR) is 78.8 cm³/mol. The fraction of sp³-hybridized carbons (Fsp3) is 0.133. The first-order chi connectivity index (χ1) is 9.33. The molecule has 96 valence electrons. The van der Waals surface area contributed by atoms with Gasteiger partial charge in [0.05, 0.1) is 0 Å². The van der Waals surface area contributed by atoms with Gasteiger partial charge < -0.3 is 5.32 Å². The molecule has 0 unspecified atom stereocenters. The summed E-state index contributed by atoms with van der Waals surface area (Å²) >= 11 is 5.87. The molecule has 0 atom stereocenters. The lowest BCUT2D eigenvalue weighted by Crippen LogP contribution is -2.07. The van der Waals surface area contributed by atoms with Gasteiger partial charge in [0.2, 0.25) is 0 Å². The van der Waals surface area contributed by atoms with E-state index >= 15 is 0 Å². The van der Waals surface area contributed by atoms with Crippen molar-refractivity contribution in [1.82, 2.24) is 9.38 Å². The normalized spacial score (nSPS) is 10.8. The molecule has 2 heterocycles. The van der Waals surface area contributed by atoms with Crippen molar-refractivity contribution in [2.45, 2.75) is 6.42 Å². The van der Waals surface area contributed by atoms with E-state index in [1.807, 2.05) is 34.9 Å². The minimum Gasteiger partial charge on any atom is -0.371 e. The Morgan fingerprint density at radius 3 is 2.79 bits per heavy atom. The number of imidazole rings is 1. The highest BCUT2D eigenvalue weighted by atomic mass is 35.5. The molecule has 2 aromatic heterocycles. The van der Waals surface area contributed by atoms with E-state index < -0.39 is 0 Å². The second-order valence-electron chi connectivity index (χ2n) is 4.37. The van der Waals surface area contributed by atoms with E-state index in [1.165, 1.54) is 5.56 Å². The largest absolute Gasteiger partial charge is 0.371 e. The molecule has 4 heteroatoms. The Balaban J connectivity index is 1.66. The van der Waals surface area contributed by atoms with Crippen LogP contribution in [0.15, 0.2) is 54.9 Å². The Bertz CT molecular complexity index is 673. The van der Waals surface area contributed by atoms with E-state index in [2.05, 4.69) is 28.5 Å². The molecule has 1 aromatic carbocycles. The number of nitrogens with zero attached hydrogens (tertiary/aromatic N) is 2. The third-order valence-corrected chi connectivity index (χ3v) is 3.31. The number of halogens is 1. The highest BCUT2D eigenvalue weighted by molar-refractivity contribution is 6.30. The molecule has 0 saturated carbocycles. The Morgan fingerprint density at radius 2 is 1.95 bits per heavy atom. The zero-order valence-corrected chi connectivity index (χ0v) is 11.1. The van der Waals surface area contributed by atoms with Gasteiger partial charge in [-0.3, -0.25) is 4.40 Å². The minimum atomic E-state index is 0.778. The quantitative estimate of drug-likeness (QED) is 0.785. The first kappa shape index (κ1) is 12.1. The number of pyridine rings is 1. The van der Waals surface area contributed by atoms with Crippen molar-refractivity contribution in [2.75, 3.05) is 11.9 Å². The van der Waals surface area contributed by atoms with Crippen LogP contribution in [0.4, 0.5) is 5.82 Å². The molecule has 3 nitrogen and oxygen atoms in total. The maximum Gasteiger partial charge on any atom is 0.138 e. The Labute approximate surface area is 116 Å². The molecule has 0 radical (unpaired) electrons. The lowest BCUT2D eigenvalue weighted by molar-refractivity contribution is 0.995. The summed E-state index contributed by atoms with van der Waals surface area (Å²) in [5, 5.41) is 4.20. The first-order valence-corrected chi connectivity index (χ1v) is 6.61. The zero-order valence-electron chi connectivity index (χ0n) is 10.4. The van der Waals surface area contributed by atoms with E-state index in [4.69, 9.17) is 11.6 Å². The second kappa shape index (κ2) is 5.33. The topological polar surface area (TPSA) is 29.3 Å². The molecular weight excluding hydrogens is 258 g/mol. The molecule has 3 aromatic rings. The zero-order chi connectivity index (χ0) is 13.1. The van der Waals surface area contributed by atoms with Crippen LogP contribution in [0.3, 0.4) is 0 Å². The fourth-order valence-electron chi connectivity index (χ4n) is 2.08. The maximum atomic E-state index is 5.87. The first-order valence-electron chi connectivity index (χ1n) is 6.23. The molecular formula is C15H14ClN3. The second-order valence-corrected chi connectivity index (χ2v) is 4.81. The molecule has 0 saturated heterocycles. The van der Waals surface area contributed by atoms with Gasteiger partial charge in [-0.05, 0) is 36.2 Å². The number of fused-ring (bicyclic) bond motifs is 1. The average molecular weight is 272 g/mol. The number of nitrogens with one attached hydrogen (secondary N) is 1. The number of aromatic nitrogens is 2. The number of anilines is 1. The molecule has 0 aliphatic carbocycles. The SMILES string of the molecule is Clc1ccc(CCNc2cccc3nccn23)cc1. The summed E-state index contributed by atoms with van der Waals surface area (Å²) in [7, 11) is 0. The van der Waals surface area contributed by atoms with Gasteiger partial charge in [0.1, 0.15) is 11.5 Å². The predicted octanol–water partition coefficient (Wildman–Crippen LogP) is 3.64. The van der Waals surface area contributed by atoms with Crippen LogP contribution < -0.4 is 5.32 Å². The molecule has 0 amide bonds. The van der Waals surface area contributed by atoms with Crippen molar-refractivity contribution in [3.8, 4) is 0 Å². The van der Waals surface area contributed by atoms with Crippen molar-refractivity contribution in [1.29, 1.82) is 0 Å². The van der Waals surface area contributed by atoms with Crippen LogP contribution in [0.1, 0.15) is 5.56 Å². The standard InChI is InChI=1S/C15H14ClN3/c16-13-6-4-12(5-7-13)8-9-17-14-2-1-3-15-18-10-11-19(14)15/h1-7,10-11,17H,8-9H2. The summed E-state index contributed by atoms with van der Waals surface area (Å²) in [6.45, 7) is 0.874. The van der Waals surface area contributed by atoms with Gasteiger partial charge in [0, 0.05) is 24.0 Å². The Morgan fingerprint density at radius 1 is 1.11 bits per heavy atom. The molecule has 0 aliphatic rings. The molecule has 19 heavy (non-hydrogen) atoms. The van der Waals surface area contributed by atoms with Gasteiger partial charge in [-0.2, -0.15) is 0 Å². The fourth-order valence-corrected chi connectivity index (χ4v) is 2.20. The summed E-state index contributed by atoms with van der Waals surface area (Å²) in [6, 6.07) is 14.0. The summed E-state index contributed by atoms with van der Waals surface area (Å²) in [5.74, 6) is 1.06. The van der Waals surface area contributed by atoms with Gasteiger partial charge in [0.15, 0.2) is 0 Å². The van der Waals surface area contributed by atoms with Crippen molar-refractivity contribution in [3.05, 3.63) is 65.4 Å². The summed E-state index contributed by atoms with van der Waals surface area (Å²) in [5.41, 5.74) is 2.23. The monoisotopic (exact) mass is 271 g/mol. The molecule has 3 rings (SSSR count). The smallest absolute Gasteiger partial charge is 0.138 e. The van der Waals surface area contributed by atoms with Crippen LogP contribution in [-0.2, 0) is 6.42 Å². The van der Waals surface area contributed by atoms with Gasteiger partial charge >= 0.3 is 0 Å². The molecule has 1 N–H and O–H groups in total. The minimum absolute atomic E-state index is 0.778. The van der Waals surface area contributed by atoms with Crippen molar-refractivity contribution < 1.29 is 0 Å². The molecule has 0 aliphatic heterocycles. The van der Waals surface area contributed by atoms with E-state index in [-0.39, 0.29) is 0 Å². The van der Waals surface area contributed by atoms with Gasteiger partial charge in [-0.15, -0.1) is 0 Å². The summed E-state index contributed by atoms with van der Waals surface area (Å²) in [6.07, 6.45) is 4.72. The molecule has 0 spiro atoms. The third-order valence-electron chi connectivity index (χ3n) is 3.06. The number of rotatable bonds is 4. The Hall–Kier alpha value is -2.00. The van der Waals surface area contributed by atoms with Crippen LogP contribution in [-0.4, -0.2) is 15.9 Å². The number of hydrogen-bond acceptors (Lipinski definition) is 2. The Kier molecular flexibility index (Phi) is 3.38. The highest BCUT2D eigenvalue weighted by Crippen LogP contribution is 2.12. The van der Waals surface area contributed by atoms with Gasteiger partial charge in [-0.1, -0.05) is 29.8 Å². The van der Waals surface area contributed by atoms with Crippen LogP contribution in [0.25, 0.3) is 5.65 Å². The molecule has 0 fully saturated rings. The number of benzene rings is 1. The lowest BCUT2D eigenvalue weighted by atomic mass is 10.1. The lowest BCUT2D eigenvalue weighted by Gasteiger charge is -2.08. The maximum absolute atomic E-state index is 5.87. The number of hydrogen-bond donors (Lipinski definition) is 1. The van der Waals surface area contributed by atoms with Crippen LogP contribution in [0.2, 0.25) is 5.02 Å². The van der Waals surface area contributed by atoms with E-state index in [1.54, 1.807) is 6.20 Å². The summed E-state index contributed by atoms with van der Waals surface area (Å²) < 4.78 is 2.04.